The van der Waals surface area contributed by atoms with Gasteiger partial charge in [0.15, 0.2) is 0 Å². The van der Waals surface area contributed by atoms with E-state index in [9.17, 15) is 18.0 Å². The molecular weight excluding hydrogens is 611 g/mol. The highest BCUT2D eigenvalue weighted by Gasteiger charge is 2.49. The number of nitrogens with zero attached hydrogens (tertiary/aromatic N) is 4. The van der Waals surface area contributed by atoms with Crippen molar-refractivity contribution in [1.82, 2.24) is 20.1 Å². The van der Waals surface area contributed by atoms with E-state index in [0.29, 0.717) is 35.4 Å². The van der Waals surface area contributed by atoms with E-state index in [0.717, 1.165) is 42.1 Å². The minimum absolute atomic E-state index is 0.0799. The molecule has 0 radical (unpaired) electrons. The summed E-state index contributed by atoms with van der Waals surface area (Å²) in [4.78, 5) is 19.3. The zero-order valence-electron chi connectivity index (χ0n) is 26.0. The number of amides is 1. The number of hydrogen-bond donors (Lipinski definition) is 1. The van der Waals surface area contributed by atoms with Crippen LogP contribution in [0.1, 0.15) is 35.2 Å². The summed E-state index contributed by atoms with van der Waals surface area (Å²) in [5.41, 5.74) is 2.43. The molecule has 2 aliphatic heterocycles. The third kappa shape index (κ3) is 4.72. The van der Waals surface area contributed by atoms with Crippen molar-refractivity contribution in [3.63, 3.8) is 0 Å². The van der Waals surface area contributed by atoms with E-state index in [1.54, 1.807) is 6.07 Å². The number of benzene rings is 4. The molecule has 2 aromatic heterocycles. The summed E-state index contributed by atoms with van der Waals surface area (Å²) in [5.74, 6) is 0.0799. The molecule has 0 saturated carbocycles. The van der Waals surface area contributed by atoms with Crippen molar-refractivity contribution in [1.29, 1.82) is 0 Å². The SMILES string of the molecule is O=C1N(c2ccc3c(c2)c(-c2ccnc(C(F)(F)F)c2)nn3C(c2ccccc2)(c2ccccc2)c2ccccc2)CCC12CCNC2. The highest BCUT2D eigenvalue weighted by molar-refractivity contribution is 6.03. The summed E-state index contributed by atoms with van der Waals surface area (Å²) >= 11 is 0. The topological polar surface area (TPSA) is 63.1 Å². The summed E-state index contributed by atoms with van der Waals surface area (Å²) in [6.07, 6.45) is -1.92. The molecule has 2 aliphatic rings. The predicted octanol–water partition coefficient (Wildman–Crippen LogP) is 7.67. The average Bonchev–Trinajstić information content (AvgIpc) is 3.84. The number of rotatable bonds is 6. The first-order valence-corrected chi connectivity index (χ1v) is 16.1. The van der Waals surface area contributed by atoms with Gasteiger partial charge in [0, 0.05) is 35.9 Å². The molecule has 4 heterocycles. The van der Waals surface area contributed by atoms with Crippen molar-refractivity contribution in [3.05, 3.63) is 150 Å². The van der Waals surface area contributed by atoms with Crippen molar-refractivity contribution in [2.75, 3.05) is 24.5 Å². The number of halogens is 3. The molecule has 6 nitrogen and oxygen atoms in total. The van der Waals surface area contributed by atoms with E-state index in [1.807, 2.05) is 119 Å². The Hall–Kier alpha value is -5.28. The molecule has 1 amide bonds. The molecular formula is C39H32F3N5O. The number of carbonyl (C=O) groups is 1. The van der Waals surface area contributed by atoms with Gasteiger partial charge >= 0.3 is 6.18 Å². The number of anilines is 1. The van der Waals surface area contributed by atoms with E-state index in [2.05, 4.69) is 10.3 Å². The molecule has 6 aromatic rings. The van der Waals surface area contributed by atoms with E-state index < -0.39 is 22.8 Å². The summed E-state index contributed by atoms with van der Waals surface area (Å²) in [7, 11) is 0. The molecule has 240 valence electrons. The lowest BCUT2D eigenvalue weighted by molar-refractivity contribution is -0.141. The molecule has 0 bridgehead atoms. The van der Waals surface area contributed by atoms with Gasteiger partial charge in [0.05, 0.1) is 10.9 Å². The van der Waals surface area contributed by atoms with Gasteiger partial charge < -0.3 is 10.2 Å². The van der Waals surface area contributed by atoms with Crippen LogP contribution in [0.4, 0.5) is 18.9 Å². The zero-order chi connectivity index (χ0) is 32.9. The van der Waals surface area contributed by atoms with E-state index in [1.165, 1.54) is 6.20 Å². The first kappa shape index (κ1) is 30.1. The molecule has 4 aromatic carbocycles. The van der Waals surface area contributed by atoms with E-state index in [4.69, 9.17) is 5.10 Å². The van der Waals surface area contributed by atoms with Gasteiger partial charge in [-0.2, -0.15) is 18.3 Å². The lowest BCUT2D eigenvalue weighted by atomic mass is 9.77. The molecule has 9 heteroatoms. The Morgan fingerprint density at radius 2 is 1.38 bits per heavy atom. The zero-order valence-corrected chi connectivity index (χ0v) is 26.0. The fraction of sp³-hybridized carbons (Fsp3) is 0.205. The van der Waals surface area contributed by atoms with E-state index >= 15 is 0 Å². The van der Waals surface area contributed by atoms with Crippen molar-refractivity contribution < 1.29 is 18.0 Å². The van der Waals surface area contributed by atoms with Crippen LogP contribution in [0.2, 0.25) is 0 Å². The fourth-order valence-electron chi connectivity index (χ4n) is 7.59. The number of alkyl halides is 3. The largest absolute Gasteiger partial charge is 0.433 e. The van der Waals surface area contributed by atoms with Crippen LogP contribution in [0.15, 0.2) is 128 Å². The number of hydrogen-bond acceptors (Lipinski definition) is 4. The third-order valence-corrected chi connectivity index (χ3v) is 9.95. The molecule has 2 fully saturated rings. The normalized spacial score (nSPS) is 18.3. The number of carbonyl (C=O) groups excluding carboxylic acids is 1. The standard InChI is InChI=1S/C39H32F3N5O/c40-39(41,42)34-24-27(18-21-44-34)35-32-25-31(46-23-20-37(36(46)48)19-22-43-26-37)16-17-33(32)47(45-35)38(28-10-4-1-5-11-28,29-12-6-2-7-13-29)30-14-8-3-9-15-30/h1-18,21,24-25,43H,19-20,22-23,26H2. The van der Waals surface area contributed by atoms with Gasteiger partial charge in [0.1, 0.15) is 16.9 Å². The molecule has 1 spiro atoms. The lowest BCUT2D eigenvalue weighted by Gasteiger charge is -2.37. The van der Waals surface area contributed by atoms with Gasteiger partial charge in [-0.1, -0.05) is 91.0 Å². The molecule has 48 heavy (non-hydrogen) atoms. The summed E-state index contributed by atoms with van der Waals surface area (Å²) in [6, 6.07) is 38.4. The van der Waals surface area contributed by atoms with Crippen molar-refractivity contribution in [2.24, 2.45) is 5.41 Å². The van der Waals surface area contributed by atoms with Gasteiger partial charge in [-0.25, -0.2) is 4.68 Å². The first-order valence-electron chi connectivity index (χ1n) is 16.1. The lowest BCUT2D eigenvalue weighted by Crippen LogP contribution is -2.38. The Morgan fingerprint density at radius 3 is 1.94 bits per heavy atom. The monoisotopic (exact) mass is 643 g/mol. The molecule has 1 N–H and O–H groups in total. The number of fused-ring (bicyclic) bond motifs is 1. The Bertz CT molecular complexity index is 2010. The van der Waals surface area contributed by atoms with Crippen LogP contribution in [0, 0.1) is 5.41 Å². The third-order valence-electron chi connectivity index (χ3n) is 9.95. The Kier molecular flexibility index (Phi) is 7.18. The van der Waals surface area contributed by atoms with Crippen LogP contribution >= 0.6 is 0 Å². The smallest absolute Gasteiger partial charge is 0.316 e. The highest BCUT2D eigenvalue weighted by atomic mass is 19.4. The van der Waals surface area contributed by atoms with Crippen LogP contribution in [-0.2, 0) is 16.5 Å². The van der Waals surface area contributed by atoms with Crippen molar-refractivity contribution in [2.45, 2.75) is 24.6 Å². The minimum atomic E-state index is -4.63. The summed E-state index contributed by atoms with van der Waals surface area (Å²) < 4.78 is 43.9. The second-order valence-electron chi connectivity index (χ2n) is 12.6. The quantitative estimate of drug-likeness (QED) is 0.189. The maximum absolute atomic E-state index is 14.0. The second kappa shape index (κ2) is 11.5. The molecule has 1 unspecified atom stereocenters. The first-order chi connectivity index (χ1) is 23.3. The summed E-state index contributed by atoms with van der Waals surface area (Å²) in [6.45, 7) is 2.03. The average molecular weight is 644 g/mol. The van der Waals surface area contributed by atoms with Gasteiger partial charge in [-0.05, 0) is 66.4 Å². The van der Waals surface area contributed by atoms with Crippen LogP contribution in [0.25, 0.3) is 22.2 Å². The van der Waals surface area contributed by atoms with Crippen LogP contribution in [-0.4, -0.2) is 40.3 Å². The Morgan fingerprint density at radius 1 is 0.750 bits per heavy atom. The van der Waals surface area contributed by atoms with Crippen LogP contribution in [0.5, 0.6) is 0 Å². The molecule has 0 aliphatic carbocycles. The van der Waals surface area contributed by atoms with Gasteiger partial charge in [0.25, 0.3) is 0 Å². The Balaban J connectivity index is 1.43. The number of pyridine rings is 1. The Labute approximate surface area is 275 Å². The molecule has 2 saturated heterocycles. The van der Waals surface area contributed by atoms with Crippen LogP contribution in [0.3, 0.4) is 0 Å². The van der Waals surface area contributed by atoms with Gasteiger partial charge in [-0.3, -0.25) is 9.78 Å². The summed E-state index contributed by atoms with van der Waals surface area (Å²) in [5, 5.41) is 9.23. The maximum Gasteiger partial charge on any atom is 0.433 e. The number of nitrogens with one attached hydrogen (secondary N) is 1. The van der Waals surface area contributed by atoms with E-state index in [-0.39, 0.29) is 11.5 Å². The number of aromatic nitrogens is 3. The minimum Gasteiger partial charge on any atom is -0.316 e. The van der Waals surface area contributed by atoms with Gasteiger partial charge in [0.2, 0.25) is 5.91 Å². The van der Waals surface area contributed by atoms with Crippen LogP contribution < -0.4 is 10.2 Å². The fourth-order valence-corrected chi connectivity index (χ4v) is 7.59. The van der Waals surface area contributed by atoms with Crippen molar-refractivity contribution in [3.8, 4) is 11.3 Å². The predicted molar refractivity (Wildman–Crippen MR) is 179 cm³/mol. The molecule has 8 rings (SSSR count). The molecule has 1 atom stereocenters. The maximum atomic E-state index is 14.0. The highest BCUT2D eigenvalue weighted by Crippen LogP contribution is 2.46. The van der Waals surface area contributed by atoms with Gasteiger partial charge in [-0.15, -0.1) is 0 Å². The second-order valence-corrected chi connectivity index (χ2v) is 12.6. The van der Waals surface area contributed by atoms with Crippen molar-refractivity contribution >= 4 is 22.5 Å².